The highest BCUT2D eigenvalue weighted by molar-refractivity contribution is 5.78. The first-order valence-corrected chi connectivity index (χ1v) is 9.54. The zero-order valence-corrected chi connectivity index (χ0v) is 16.0. The first-order valence-electron chi connectivity index (χ1n) is 9.54. The number of amides is 1. The van der Waals surface area contributed by atoms with E-state index in [-0.39, 0.29) is 24.3 Å². The molecule has 3 rings (SSSR count). The van der Waals surface area contributed by atoms with Gasteiger partial charge in [-0.2, -0.15) is 0 Å². The van der Waals surface area contributed by atoms with Gasteiger partial charge in [0.05, 0.1) is 6.04 Å². The average molecular weight is 370 g/mol. The number of nitrogens with one attached hydrogen (secondary N) is 1. The van der Waals surface area contributed by atoms with E-state index in [2.05, 4.69) is 41.4 Å². The molecule has 1 fully saturated rings. The fourth-order valence-electron chi connectivity index (χ4n) is 3.47. The van der Waals surface area contributed by atoms with Gasteiger partial charge in [0.1, 0.15) is 0 Å². The molecule has 2 aromatic rings. The Morgan fingerprint density at radius 2 is 2.00 bits per heavy atom. The number of nitrogens with zero attached hydrogens (tertiary/aromatic N) is 1. The predicted octanol–water partition coefficient (Wildman–Crippen LogP) is 4.32. The Balaban J connectivity index is 1.52. The lowest BCUT2D eigenvalue weighted by Gasteiger charge is -2.33. The average Bonchev–Trinajstić information content (AvgIpc) is 2.67. The minimum Gasteiger partial charge on any atom is -0.481 e. The highest BCUT2D eigenvalue weighted by Crippen LogP contribution is 2.24. The second-order valence-corrected chi connectivity index (χ2v) is 7.29. The standard InChI is InChI=1S/C22H27FN2O2/c1-16-6-5-13-25(14-16)19-11-9-18(10-12-19)17(2)24-22(26)15-27-21-8-4-3-7-20(21)23/h3-4,7-12,16-17H,5-6,13-15H2,1-2H3,(H,24,26). The van der Waals surface area contributed by atoms with E-state index in [4.69, 9.17) is 4.74 Å². The van der Waals surface area contributed by atoms with E-state index >= 15 is 0 Å². The van der Waals surface area contributed by atoms with Gasteiger partial charge in [-0.1, -0.05) is 31.2 Å². The third kappa shape index (κ3) is 5.22. The maximum atomic E-state index is 13.5. The summed E-state index contributed by atoms with van der Waals surface area (Å²) < 4.78 is 18.8. The summed E-state index contributed by atoms with van der Waals surface area (Å²) in [5.74, 6) is 0.0622. The number of ether oxygens (including phenoxy) is 1. The fourth-order valence-corrected chi connectivity index (χ4v) is 3.47. The van der Waals surface area contributed by atoms with Crippen LogP contribution in [0.15, 0.2) is 48.5 Å². The molecule has 1 heterocycles. The molecule has 0 saturated carbocycles. The van der Waals surface area contributed by atoms with Gasteiger partial charge in [0, 0.05) is 18.8 Å². The third-order valence-corrected chi connectivity index (χ3v) is 4.99. The van der Waals surface area contributed by atoms with Gasteiger partial charge in [0.25, 0.3) is 5.91 Å². The van der Waals surface area contributed by atoms with Crippen molar-refractivity contribution in [3.05, 3.63) is 59.9 Å². The molecule has 1 aliphatic rings. The molecule has 1 saturated heterocycles. The summed E-state index contributed by atoms with van der Waals surface area (Å²) in [5.41, 5.74) is 2.26. The van der Waals surface area contributed by atoms with Crippen molar-refractivity contribution in [3.8, 4) is 5.75 Å². The first-order chi connectivity index (χ1) is 13.0. The molecular formula is C22H27FN2O2. The molecule has 2 aromatic carbocycles. The van der Waals surface area contributed by atoms with E-state index in [1.807, 2.05) is 6.92 Å². The molecule has 4 nitrogen and oxygen atoms in total. The Hall–Kier alpha value is -2.56. The largest absolute Gasteiger partial charge is 0.481 e. The normalized spacial score (nSPS) is 18.0. The summed E-state index contributed by atoms with van der Waals surface area (Å²) in [6.07, 6.45) is 2.53. The molecule has 1 N–H and O–H groups in total. The highest BCUT2D eigenvalue weighted by Gasteiger charge is 2.17. The second kappa shape index (κ2) is 8.89. The van der Waals surface area contributed by atoms with Gasteiger partial charge in [-0.3, -0.25) is 4.79 Å². The van der Waals surface area contributed by atoms with Crippen LogP contribution in [0.5, 0.6) is 5.75 Å². The van der Waals surface area contributed by atoms with Gasteiger partial charge in [0.15, 0.2) is 18.2 Å². The molecule has 27 heavy (non-hydrogen) atoms. The Bertz CT molecular complexity index is 763. The number of piperidine rings is 1. The van der Waals surface area contributed by atoms with Crippen LogP contribution in [0.3, 0.4) is 0 Å². The van der Waals surface area contributed by atoms with Gasteiger partial charge in [0.2, 0.25) is 0 Å². The smallest absolute Gasteiger partial charge is 0.258 e. The van der Waals surface area contributed by atoms with Crippen molar-refractivity contribution in [2.45, 2.75) is 32.7 Å². The van der Waals surface area contributed by atoms with Crippen LogP contribution in [0, 0.1) is 11.7 Å². The summed E-state index contributed by atoms with van der Waals surface area (Å²) >= 11 is 0. The molecule has 0 aromatic heterocycles. The van der Waals surface area contributed by atoms with Gasteiger partial charge < -0.3 is 15.0 Å². The summed E-state index contributed by atoms with van der Waals surface area (Å²) in [6, 6.07) is 14.3. The Morgan fingerprint density at radius 1 is 1.26 bits per heavy atom. The van der Waals surface area contributed by atoms with Crippen LogP contribution in [-0.2, 0) is 4.79 Å². The van der Waals surface area contributed by atoms with Crippen LogP contribution in [0.1, 0.15) is 38.3 Å². The topological polar surface area (TPSA) is 41.6 Å². The summed E-state index contributed by atoms with van der Waals surface area (Å²) in [6.45, 7) is 6.21. The van der Waals surface area contributed by atoms with Crippen LogP contribution >= 0.6 is 0 Å². The molecule has 144 valence electrons. The van der Waals surface area contributed by atoms with Crippen molar-refractivity contribution in [2.75, 3.05) is 24.6 Å². The van der Waals surface area contributed by atoms with E-state index in [1.54, 1.807) is 12.1 Å². The lowest BCUT2D eigenvalue weighted by atomic mass is 9.99. The zero-order chi connectivity index (χ0) is 19.2. The van der Waals surface area contributed by atoms with Crippen LogP contribution in [0.2, 0.25) is 0 Å². The van der Waals surface area contributed by atoms with Gasteiger partial charge >= 0.3 is 0 Å². The number of rotatable bonds is 6. The summed E-state index contributed by atoms with van der Waals surface area (Å²) in [7, 11) is 0. The number of anilines is 1. The molecule has 0 bridgehead atoms. The molecule has 0 radical (unpaired) electrons. The second-order valence-electron chi connectivity index (χ2n) is 7.29. The van der Waals surface area contributed by atoms with Crippen molar-refractivity contribution < 1.29 is 13.9 Å². The monoisotopic (exact) mass is 370 g/mol. The van der Waals surface area contributed by atoms with E-state index in [9.17, 15) is 9.18 Å². The summed E-state index contributed by atoms with van der Waals surface area (Å²) in [4.78, 5) is 14.5. The Morgan fingerprint density at radius 3 is 2.70 bits per heavy atom. The van der Waals surface area contributed by atoms with Gasteiger partial charge in [-0.15, -0.1) is 0 Å². The van der Waals surface area contributed by atoms with Crippen LogP contribution in [-0.4, -0.2) is 25.6 Å². The Kier molecular flexibility index (Phi) is 6.32. The quantitative estimate of drug-likeness (QED) is 0.823. The molecule has 1 amide bonds. The lowest BCUT2D eigenvalue weighted by Crippen LogP contribution is -2.34. The van der Waals surface area contributed by atoms with Crippen molar-refractivity contribution in [1.82, 2.24) is 5.32 Å². The molecule has 2 atom stereocenters. The number of carbonyl (C=O) groups excluding carboxylic acids is 1. The van der Waals surface area contributed by atoms with E-state index in [1.165, 1.54) is 30.7 Å². The van der Waals surface area contributed by atoms with Crippen molar-refractivity contribution in [3.63, 3.8) is 0 Å². The van der Waals surface area contributed by atoms with Crippen LogP contribution in [0.25, 0.3) is 0 Å². The SMILES string of the molecule is CC1CCCN(c2ccc(C(C)NC(=O)COc3ccccc3F)cc2)C1. The molecule has 2 unspecified atom stereocenters. The zero-order valence-electron chi connectivity index (χ0n) is 16.0. The number of carbonyl (C=O) groups is 1. The molecular weight excluding hydrogens is 343 g/mol. The lowest BCUT2D eigenvalue weighted by molar-refractivity contribution is -0.123. The molecule has 5 heteroatoms. The highest BCUT2D eigenvalue weighted by atomic mass is 19.1. The van der Waals surface area contributed by atoms with Crippen LogP contribution < -0.4 is 15.0 Å². The maximum Gasteiger partial charge on any atom is 0.258 e. The molecule has 0 aliphatic carbocycles. The number of para-hydroxylation sites is 1. The minimum absolute atomic E-state index is 0.0837. The number of hydrogen-bond donors (Lipinski definition) is 1. The fraction of sp³-hybridized carbons (Fsp3) is 0.409. The van der Waals surface area contributed by atoms with Crippen LogP contribution in [0.4, 0.5) is 10.1 Å². The van der Waals surface area contributed by atoms with Crippen molar-refractivity contribution >= 4 is 11.6 Å². The minimum atomic E-state index is -0.471. The Labute approximate surface area is 160 Å². The first kappa shape index (κ1) is 19.2. The number of halogens is 1. The number of hydrogen-bond acceptors (Lipinski definition) is 3. The van der Waals surface area contributed by atoms with E-state index in [0.29, 0.717) is 0 Å². The van der Waals surface area contributed by atoms with Gasteiger partial charge in [-0.05, 0) is 55.5 Å². The molecule has 1 aliphatic heterocycles. The van der Waals surface area contributed by atoms with Crippen molar-refractivity contribution in [2.24, 2.45) is 5.92 Å². The van der Waals surface area contributed by atoms with E-state index < -0.39 is 5.82 Å². The van der Waals surface area contributed by atoms with Crippen molar-refractivity contribution in [1.29, 1.82) is 0 Å². The summed E-state index contributed by atoms with van der Waals surface area (Å²) in [5, 5.41) is 2.89. The maximum absolute atomic E-state index is 13.5. The third-order valence-electron chi connectivity index (χ3n) is 4.99. The predicted molar refractivity (Wildman–Crippen MR) is 106 cm³/mol. The molecule has 0 spiro atoms. The van der Waals surface area contributed by atoms with Gasteiger partial charge in [-0.25, -0.2) is 4.39 Å². The van der Waals surface area contributed by atoms with E-state index in [0.717, 1.165) is 24.6 Å². The number of benzene rings is 2.